The first kappa shape index (κ1) is 11.9. The molecule has 0 atom stereocenters. The summed E-state index contributed by atoms with van der Waals surface area (Å²) in [7, 11) is 2.04. The Bertz CT molecular complexity index is 479. The van der Waals surface area contributed by atoms with Gasteiger partial charge in [0.1, 0.15) is 0 Å². The number of rotatable bonds is 3. The van der Waals surface area contributed by atoms with E-state index in [1.165, 1.54) is 0 Å². The summed E-state index contributed by atoms with van der Waals surface area (Å²) in [6.07, 6.45) is 1.81. The van der Waals surface area contributed by atoms with Crippen molar-refractivity contribution in [3.63, 3.8) is 0 Å². The summed E-state index contributed by atoms with van der Waals surface area (Å²) < 4.78 is 0.997. The molecule has 0 fully saturated rings. The van der Waals surface area contributed by atoms with Crippen LogP contribution < -0.4 is 10.6 Å². The zero-order chi connectivity index (χ0) is 12.3. The van der Waals surface area contributed by atoms with E-state index in [2.05, 4.69) is 25.8 Å². The summed E-state index contributed by atoms with van der Waals surface area (Å²) >= 11 is 3.37. The molecule has 2 N–H and O–H groups in total. The van der Waals surface area contributed by atoms with Crippen LogP contribution in [0, 0.1) is 0 Å². The highest BCUT2D eigenvalue weighted by Crippen LogP contribution is 2.17. The van der Waals surface area contributed by atoms with Crippen molar-refractivity contribution < 1.29 is 0 Å². The second-order valence-corrected chi connectivity index (χ2v) is 4.83. The van der Waals surface area contributed by atoms with E-state index in [0.29, 0.717) is 0 Å². The number of nitrogens with zero attached hydrogens (tertiary/aromatic N) is 2. The Morgan fingerprint density at radius 2 is 1.88 bits per heavy atom. The maximum atomic E-state index is 5.66. The molecule has 4 heteroatoms. The molecule has 0 saturated heterocycles. The normalized spacial score (nSPS) is 10.2. The molecule has 1 aromatic carbocycles. The second-order valence-electron chi connectivity index (χ2n) is 3.92. The van der Waals surface area contributed by atoms with E-state index in [4.69, 9.17) is 5.73 Å². The van der Waals surface area contributed by atoms with E-state index in [1.54, 1.807) is 0 Å². The van der Waals surface area contributed by atoms with E-state index in [9.17, 15) is 0 Å². The summed E-state index contributed by atoms with van der Waals surface area (Å²) in [4.78, 5) is 6.48. The molecule has 0 amide bonds. The summed E-state index contributed by atoms with van der Waals surface area (Å²) in [5.74, 6) is 0. The lowest BCUT2D eigenvalue weighted by Crippen LogP contribution is -2.17. The van der Waals surface area contributed by atoms with E-state index in [-0.39, 0.29) is 0 Å². The van der Waals surface area contributed by atoms with Crippen LogP contribution in [0.3, 0.4) is 0 Å². The highest BCUT2D eigenvalue weighted by atomic mass is 79.9. The number of hydrogen-bond donors (Lipinski definition) is 1. The van der Waals surface area contributed by atoms with Gasteiger partial charge in [-0.05, 0) is 52.3 Å². The fraction of sp³-hybridized carbons (Fsp3) is 0.154. The lowest BCUT2D eigenvalue weighted by Gasteiger charge is -2.18. The zero-order valence-electron chi connectivity index (χ0n) is 9.60. The average Bonchev–Trinajstić information content (AvgIpc) is 2.33. The van der Waals surface area contributed by atoms with Crippen molar-refractivity contribution in [2.24, 2.45) is 0 Å². The molecule has 0 aliphatic rings. The molecule has 0 aliphatic carbocycles. The number of hydrogen-bond acceptors (Lipinski definition) is 3. The van der Waals surface area contributed by atoms with Crippen molar-refractivity contribution in [2.75, 3.05) is 17.7 Å². The van der Waals surface area contributed by atoms with Gasteiger partial charge in [-0.3, -0.25) is 4.98 Å². The van der Waals surface area contributed by atoms with E-state index >= 15 is 0 Å². The van der Waals surface area contributed by atoms with Crippen molar-refractivity contribution in [3.05, 3.63) is 52.8 Å². The molecule has 0 bridgehead atoms. The second kappa shape index (κ2) is 5.19. The van der Waals surface area contributed by atoms with Gasteiger partial charge in [-0.15, -0.1) is 0 Å². The third-order valence-corrected chi connectivity index (χ3v) is 2.99. The Balaban J connectivity index is 2.08. The first-order chi connectivity index (χ1) is 8.15. The lowest BCUT2D eigenvalue weighted by atomic mass is 10.2. The van der Waals surface area contributed by atoms with Gasteiger partial charge in [0.15, 0.2) is 0 Å². The van der Waals surface area contributed by atoms with Crippen molar-refractivity contribution in [1.29, 1.82) is 0 Å². The van der Waals surface area contributed by atoms with E-state index in [1.807, 2.05) is 49.6 Å². The van der Waals surface area contributed by atoms with Crippen molar-refractivity contribution in [3.8, 4) is 0 Å². The number of nitrogens with two attached hydrogens (primary N) is 1. The molecular formula is C13H14BrN3. The molecule has 0 saturated carbocycles. The first-order valence-corrected chi connectivity index (χ1v) is 6.11. The maximum Gasteiger partial charge on any atom is 0.0598 e. The van der Waals surface area contributed by atoms with Crippen LogP contribution in [-0.2, 0) is 6.54 Å². The third kappa shape index (κ3) is 3.20. The quantitative estimate of drug-likeness (QED) is 0.884. The van der Waals surface area contributed by atoms with Crippen molar-refractivity contribution >= 4 is 27.3 Å². The Kier molecular flexibility index (Phi) is 3.64. The van der Waals surface area contributed by atoms with Gasteiger partial charge in [-0.1, -0.05) is 0 Å². The topological polar surface area (TPSA) is 42.2 Å². The molecule has 0 radical (unpaired) electrons. The number of halogens is 1. The molecule has 1 aromatic heterocycles. The van der Waals surface area contributed by atoms with Crippen molar-refractivity contribution in [1.82, 2.24) is 4.98 Å². The van der Waals surface area contributed by atoms with Gasteiger partial charge in [0.05, 0.1) is 12.2 Å². The van der Waals surface area contributed by atoms with Crippen LogP contribution in [0.4, 0.5) is 11.4 Å². The SMILES string of the molecule is CN(Cc1ccc(Br)cn1)c1ccc(N)cc1. The predicted octanol–water partition coefficient (Wildman–Crippen LogP) is 3.06. The number of nitrogen functional groups attached to an aromatic ring is 1. The maximum absolute atomic E-state index is 5.66. The standard InChI is InChI=1S/C13H14BrN3/c1-17(13-6-3-11(15)4-7-13)9-12-5-2-10(14)8-16-12/h2-8H,9,15H2,1H3. The van der Waals surface area contributed by atoms with Gasteiger partial charge in [-0.25, -0.2) is 0 Å². The minimum Gasteiger partial charge on any atom is -0.399 e. The molecule has 0 aliphatic heterocycles. The Hall–Kier alpha value is -1.55. The monoisotopic (exact) mass is 291 g/mol. The molecule has 1 heterocycles. The molecule has 0 spiro atoms. The summed E-state index contributed by atoms with van der Waals surface area (Å²) in [6.45, 7) is 0.775. The fourth-order valence-electron chi connectivity index (χ4n) is 1.56. The van der Waals surface area contributed by atoms with Gasteiger partial charge in [0.2, 0.25) is 0 Å². The van der Waals surface area contributed by atoms with Crippen LogP contribution in [0.5, 0.6) is 0 Å². The fourth-order valence-corrected chi connectivity index (χ4v) is 1.80. The summed E-state index contributed by atoms with van der Waals surface area (Å²) in [5, 5.41) is 0. The average molecular weight is 292 g/mol. The Labute approximate surface area is 109 Å². The number of pyridine rings is 1. The van der Waals surface area contributed by atoms with E-state index < -0.39 is 0 Å². The van der Waals surface area contributed by atoms with Crippen molar-refractivity contribution in [2.45, 2.75) is 6.54 Å². The molecule has 17 heavy (non-hydrogen) atoms. The lowest BCUT2D eigenvalue weighted by molar-refractivity contribution is 0.884. The molecule has 0 unspecified atom stereocenters. The van der Waals surface area contributed by atoms with Crippen LogP contribution in [-0.4, -0.2) is 12.0 Å². The van der Waals surface area contributed by atoms with Crippen LogP contribution in [0.15, 0.2) is 47.1 Å². The zero-order valence-corrected chi connectivity index (χ0v) is 11.2. The van der Waals surface area contributed by atoms with Gasteiger partial charge < -0.3 is 10.6 Å². The molecule has 3 nitrogen and oxygen atoms in total. The minimum atomic E-state index is 0.775. The largest absolute Gasteiger partial charge is 0.399 e. The Morgan fingerprint density at radius 3 is 2.47 bits per heavy atom. The highest BCUT2D eigenvalue weighted by Gasteiger charge is 2.02. The summed E-state index contributed by atoms with van der Waals surface area (Å²) in [5.41, 5.74) is 8.60. The molecule has 2 rings (SSSR count). The number of anilines is 2. The molecular weight excluding hydrogens is 278 g/mol. The Morgan fingerprint density at radius 1 is 1.18 bits per heavy atom. The molecule has 88 valence electrons. The van der Waals surface area contributed by atoms with Crippen LogP contribution in [0.2, 0.25) is 0 Å². The van der Waals surface area contributed by atoms with Gasteiger partial charge in [0, 0.05) is 29.1 Å². The van der Waals surface area contributed by atoms with Gasteiger partial charge in [-0.2, -0.15) is 0 Å². The van der Waals surface area contributed by atoms with E-state index in [0.717, 1.165) is 28.1 Å². The minimum absolute atomic E-state index is 0.775. The smallest absolute Gasteiger partial charge is 0.0598 e. The van der Waals surface area contributed by atoms with Crippen LogP contribution in [0.1, 0.15) is 5.69 Å². The number of aromatic nitrogens is 1. The van der Waals surface area contributed by atoms with Gasteiger partial charge in [0.25, 0.3) is 0 Å². The third-order valence-electron chi connectivity index (χ3n) is 2.52. The van der Waals surface area contributed by atoms with Gasteiger partial charge >= 0.3 is 0 Å². The summed E-state index contributed by atoms with van der Waals surface area (Å²) in [6, 6.07) is 11.8. The number of benzene rings is 1. The van der Waals surface area contributed by atoms with Crippen LogP contribution >= 0.6 is 15.9 Å². The first-order valence-electron chi connectivity index (χ1n) is 5.32. The highest BCUT2D eigenvalue weighted by molar-refractivity contribution is 9.10. The predicted molar refractivity (Wildman–Crippen MR) is 74.9 cm³/mol. The van der Waals surface area contributed by atoms with Crippen LogP contribution in [0.25, 0.3) is 0 Å². The molecule has 2 aromatic rings.